The van der Waals surface area contributed by atoms with Crippen molar-refractivity contribution in [2.45, 2.75) is 6.54 Å². The molecule has 0 aromatic heterocycles. The van der Waals surface area contributed by atoms with E-state index in [4.69, 9.17) is 4.74 Å². The molecule has 0 atom stereocenters. The van der Waals surface area contributed by atoms with Crippen LogP contribution in [0, 0.1) is 0 Å². The highest BCUT2D eigenvalue weighted by Gasteiger charge is 1.97. The minimum absolute atomic E-state index is 0.666. The lowest BCUT2D eigenvalue weighted by Gasteiger charge is -2.11. The van der Waals surface area contributed by atoms with Crippen molar-refractivity contribution in [3.05, 3.63) is 34.3 Å². The molecule has 2 N–H and O–H groups in total. The van der Waals surface area contributed by atoms with Crippen LogP contribution in [0.4, 0.5) is 0 Å². The van der Waals surface area contributed by atoms with E-state index in [1.54, 1.807) is 14.2 Å². The second kappa shape index (κ2) is 8.08. The van der Waals surface area contributed by atoms with Crippen LogP contribution >= 0.6 is 15.9 Å². The van der Waals surface area contributed by atoms with E-state index >= 15 is 0 Å². The first-order chi connectivity index (χ1) is 8.26. The monoisotopic (exact) mass is 299 g/mol. The highest BCUT2D eigenvalue weighted by atomic mass is 79.9. The molecule has 0 bridgehead atoms. The maximum atomic E-state index is 4.96. The zero-order valence-electron chi connectivity index (χ0n) is 10.2. The molecule has 17 heavy (non-hydrogen) atoms. The minimum Gasteiger partial charge on any atom is -0.383 e. The Morgan fingerprint density at radius 3 is 2.59 bits per heavy atom. The number of ether oxygens (including phenoxy) is 1. The maximum absolute atomic E-state index is 4.96. The predicted octanol–water partition coefficient (Wildman–Crippen LogP) is 1.76. The molecule has 0 saturated carbocycles. The number of benzene rings is 1. The Kier molecular flexibility index (Phi) is 6.65. The van der Waals surface area contributed by atoms with Gasteiger partial charge in [-0.05, 0) is 17.7 Å². The Labute approximate surface area is 111 Å². The number of rotatable bonds is 5. The van der Waals surface area contributed by atoms with Gasteiger partial charge in [0.15, 0.2) is 5.96 Å². The molecule has 0 radical (unpaired) electrons. The average molecular weight is 300 g/mol. The van der Waals surface area contributed by atoms with E-state index in [1.807, 2.05) is 12.1 Å². The third kappa shape index (κ3) is 5.70. The number of hydrogen-bond donors (Lipinski definition) is 2. The van der Waals surface area contributed by atoms with Crippen molar-refractivity contribution in [1.82, 2.24) is 10.6 Å². The summed E-state index contributed by atoms with van der Waals surface area (Å²) in [6, 6.07) is 8.19. The van der Waals surface area contributed by atoms with Crippen LogP contribution in [0.2, 0.25) is 0 Å². The van der Waals surface area contributed by atoms with Crippen molar-refractivity contribution < 1.29 is 4.74 Å². The zero-order chi connectivity index (χ0) is 12.5. The Morgan fingerprint density at radius 2 is 2.00 bits per heavy atom. The standard InChI is InChI=1S/C12H18BrN3O/c1-14-12(15-7-8-17-2)16-9-10-3-5-11(13)6-4-10/h3-6H,7-9H2,1-2H3,(H2,14,15,16). The molecule has 0 aliphatic rings. The summed E-state index contributed by atoms with van der Waals surface area (Å²) in [5.41, 5.74) is 1.21. The molecule has 0 fully saturated rings. The molecule has 0 heterocycles. The molecule has 0 spiro atoms. The second-order valence-electron chi connectivity index (χ2n) is 3.47. The topological polar surface area (TPSA) is 45.7 Å². The van der Waals surface area contributed by atoms with Crippen LogP contribution in [-0.4, -0.2) is 33.3 Å². The normalized spacial score (nSPS) is 11.4. The van der Waals surface area contributed by atoms with Gasteiger partial charge in [0.25, 0.3) is 0 Å². The molecular weight excluding hydrogens is 282 g/mol. The molecule has 1 rings (SSSR count). The van der Waals surface area contributed by atoms with Gasteiger partial charge in [-0.15, -0.1) is 0 Å². The molecule has 0 amide bonds. The van der Waals surface area contributed by atoms with E-state index in [-0.39, 0.29) is 0 Å². The lowest BCUT2D eigenvalue weighted by atomic mass is 10.2. The first kappa shape index (κ1) is 14.0. The summed E-state index contributed by atoms with van der Waals surface area (Å²) in [4.78, 5) is 4.12. The van der Waals surface area contributed by atoms with E-state index in [1.165, 1.54) is 5.56 Å². The third-order valence-electron chi connectivity index (χ3n) is 2.20. The van der Waals surface area contributed by atoms with Gasteiger partial charge >= 0.3 is 0 Å². The molecule has 0 aliphatic carbocycles. The van der Waals surface area contributed by atoms with Gasteiger partial charge in [-0.2, -0.15) is 0 Å². The Bertz CT molecular complexity index is 351. The largest absolute Gasteiger partial charge is 0.383 e. The number of methoxy groups -OCH3 is 1. The van der Waals surface area contributed by atoms with Crippen LogP contribution in [0.3, 0.4) is 0 Å². The minimum atomic E-state index is 0.666. The summed E-state index contributed by atoms with van der Waals surface area (Å²) in [5.74, 6) is 0.782. The molecule has 4 nitrogen and oxygen atoms in total. The summed E-state index contributed by atoms with van der Waals surface area (Å²) in [7, 11) is 3.43. The van der Waals surface area contributed by atoms with Gasteiger partial charge in [0.05, 0.1) is 6.61 Å². The molecule has 1 aromatic carbocycles. The molecule has 0 saturated heterocycles. The van der Waals surface area contributed by atoms with E-state index < -0.39 is 0 Å². The van der Waals surface area contributed by atoms with E-state index in [2.05, 4.69) is 43.7 Å². The Hall–Kier alpha value is -1.07. The van der Waals surface area contributed by atoms with Crippen molar-refractivity contribution in [3.8, 4) is 0 Å². The zero-order valence-corrected chi connectivity index (χ0v) is 11.8. The first-order valence-corrected chi connectivity index (χ1v) is 6.23. The Balaban J connectivity index is 2.35. The number of nitrogens with one attached hydrogen (secondary N) is 2. The van der Waals surface area contributed by atoms with E-state index in [0.29, 0.717) is 6.61 Å². The van der Waals surface area contributed by atoms with Crippen LogP contribution in [0.15, 0.2) is 33.7 Å². The van der Waals surface area contributed by atoms with Crippen molar-refractivity contribution in [3.63, 3.8) is 0 Å². The molecule has 0 unspecified atom stereocenters. The van der Waals surface area contributed by atoms with Gasteiger partial charge in [0.1, 0.15) is 0 Å². The Morgan fingerprint density at radius 1 is 1.29 bits per heavy atom. The quantitative estimate of drug-likeness (QED) is 0.495. The number of guanidine groups is 1. The van der Waals surface area contributed by atoms with Crippen LogP contribution in [0.5, 0.6) is 0 Å². The van der Waals surface area contributed by atoms with Gasteiger partial charge in [-0.1, -0.05) is 28.1 Å². The second-order valence-corrected chi connectivity index (χ2v) is 4.39. The van der Waals surface area contributed by atoms with Crippen LogP contribution < -0.4 is 10.6 Å². The smallest absolute Gasteiger partial charge is 0.191 e. The van der Waals surface area contributed by atoms with Crippen LogP contribution in [0.25, 0.3) is 0 Å². The van der Waals surface area contributed by atoms with Crippen molar-refractivity contribution >= 4 is 21.9 Å². The van der Waals surface area contributed by atoms with E-state index in [0.717, 1.165) is 23.5 Å². The lowest BCUT2D eigenvalue weighted by Crippen LogP contribution is -2.38. The fourth-order valence-electron chi connectivity index (χ4n) is 1.28. The number of hydrogen-bond acceptors (Lipinski definition) is 2. The van der Waals surface area contributed by atoms with Gasteiger partial charge in [0.2, 0.25) is 0 Å². The van der Waals surface area contributed by atoms with Crippen LogP contribution in [-0.2, 0) is 11.3 Å². The predicted molar refractivity (Wildman–Crippen MR) is 74.2 cm³/mol. The summed E-state index contributed by atoms with van der Waals surface area (Å²) in [5, 5.41) is 6.39. The average Bonchev–Trinajstić information content (AvgIpc) is 2.35. The summed E-state index contributed by atoms with van der Waals surface area (Å²) in [6.45, 7) is 2.16. The first-order valence-electron chi connectivity index (χ1n) is 5.44. The fourth-order valence-corrected chi connectivity index (χ4v) is 1.54. The number of aliphatic imine (C=N–C) groups is 1. The van der Waals surface area contributed by atoms with E-state index in [9.17, 15) is 0 Å². The van der Waals surface area contributed by atoms with Gasteiger partial charge < -0.3 is 15.4 Å². The molecule has 0 aliphatic heterocycles. The van der Waals surface area contributed by atoms with Gasteiger partial charge in [0, 0.05) is 31.7 Å². The summed E-state index contributed by atoms with van der Waals surface area (Å²) < 4.78 is 6.05. The maximum Gasteiger partial charge on any atom is 0.191 e. The summed E-state index contributed by atoms with van der Waals surface area (Å²) >= 11 is 3.41. The molecule has 5 heteroatoms. The van der Waals surface area contributed by atoms with Crippen molar-refractivity contribution in [1.29, 1.82) is 0 Å². The third-order valence-corrected chi connectivity index (χ3v) is 2.72. The molecular formula is C12H18BrN3O. The number of nitrogens with zero attached hydrogens (tertiary/aromatic N) is 1. The van der Waals surface area contributed by atoms with Crippen molar-refractivity contribution in [2.24, 2.45) is 4.99 Å². The van der Waals surface area contributed by atoms with Gasteiger partial charge in [-0.25, -0.2) is 0 Å². The van der Waals surface area contributed by atoms with Gasteiger partial charge in [-0.3, -0.25) is 4.99 Å². The fraction of sp³-hybridized carbons (Fsp3) is 0.417. The summed E-state index contributed by atoms with van der Waals surface area (Å²) in [6.07, 6.45) is 0. The molecule has 94 valence electrons. The van der Waals surface area contributed by atoms with Crippen molar-refractivity contribution in [2.75, 3.05) is 27.3 Å². The highest BCUT2D eigenvalue weighted by molar-refractivity contribution is 9.10. The lowest BCUT2D eigenvalue weighted by molar-refractivity contribution is 0.203. The van der Waals surface area contributed by atoms with Crippen LogP contribution in [0.1, 0.15) is 5.56 Å². The SMILES string of the molecule is CN=C(NCCOC)NCc1ccc(Br)cc1. The highest BCUT2D eigenvalue weighted by Crippen LogP contribution is 2.09. The number of halogens is 1. The molecule has 1 aromatic rings.